The first kappa shape index (κ1) is 16.6. The van der Waals surface area contributed by atoms with Gasteiger partial charge in [-0.1, -0.05) is 17.4 Å². The maximum atomic E-state index is 12.3. The van der Waals surface area contributed by atoms with E-state index in [2.05, 4.69) is 11.8 Å². The fourth-order valence-corrected chi connectivity index (χ4v) is 1.85. The second-order valence-electron chi connectivity index (χ2n) is 6.63. The summed E-state index contributed by atoms with van der Waals surface area (Å²) >= 11 is 0. The van der Waals surface area contributed by atoms with Crippen molar-refractivity contribution in [3.05, 3.63) is 11.6 Å². The number of hydrogen-bond donors (Lipinski definition) is 0. The van der Waals surface area contributed by atoms with Crippen LogP contribution in [0.2, 0.25) is 0 Å². The number of ether oxygens (including phenoxy) is 2. The third-order valence-electron chi connectivity index (χ3n) is 2.69. The Morgan fingerprint density at radius 3 is 2.50 bits per heavy atom. The average molecular weight is 279 g/mol. The van der Waals surface area contributed by atoms with Gasteiger partial charge in [-0.2, -0.15) is 0 Å². The third-order valence-corrected chi connectivity index (χ3v) is 2.69. The Morgan fingerprint density at radius 1 is 1.40 bits per heavy atom. The maximum Gasteiger partial charge on any atom is 0.413 e. The first-order valence-corrected chi connectivity index (χ1v) is 6.83. The van der Waals surface area contributed by atoms with E-state index in [0.717, 1.165) is 5.57 Å². The van der Waals surface area contributed by atoms with Crippen molar-refractivity contribution in [3.63, 3.8) is 0 Å². The van der Waals surface area contributed by atoms with Crippen molar-refractivity contribution >= 4 is 6.09 Å². The molecule has 1 rings (SSSR count). The molecule has 0 saturated carbocycles. The van der Waals surface area contributed by atoms with Gasteiger partial charge >= 0.3 is 6.09 Å². The van der Waals surface area contributed by atoms with E-state index in [1.807, 2.05) is 54.5 Å². The molecule has 0 N–H and O–H groups in total. The summed E-state index contributed by atoms with van der Waals surface area (Å²) in [6.45, 7) is 13.6. The number of hydrogen-bond acceptors (Lipinski definition) is 3. The van der Waals surface area contributed by atoms with E-state index in [4.69, 9.17) is 9.47 Å². The van der Waals surface area contributed by atoms with E-state index in [-0.39, 0.29) is 6.04 Å². The smallest absolute Gasteiger partial charge is 0.413 e. The van der Waals surface area contributed by atoms with Gasteiger partial charge in [0, 0.05) is 0 Å². The van der Waals surface area contributed by atoms with Gasteiger partial charge in [0.25, 0.3) is 0 Å². The van der Waals surface area contributed by atoms with Crippen LogP contribution in [-0.4, -0.2) is 35.0 Å². The molecule has 1 heterocycles. The summed E-state index contributed by atoms with van der Waals surface area (Å²) < 4.78 is 11.1. The van der Waals surface area contributed by atoms with Crippen LogP contribution in [0.25, 0.3) is 0 Å². The molecule has 20 heavy (non-hydrogen) atoms. The van der Waals surface area contributed by atoms with E-state index in [0.29, 0.717) is 6.61 Å². The molecular formula is C16H25NO3. The Bertz CT molecular complexity index is 456. The summed E-state index contributed by atoms with van der Waals surface area (Å²) in [5, 5.41) is 0. The lowest BCUT2D eigenvalue weighted by molar-refractivity contribution is -0.0608. The molecule has 0 aromatic heterocycles. The average Bonchev–Trinajstić information content (AvgIpc) is 2.50. The molecule has 0 spiro atoms. The molecule has 0 aromatic rings. The quantitative estimate of drug-likeness (QED) is 0.638. The van der Waals surface area contributed by atoms with Crippen LogP contribution in [0.4, 0.5) is 4.79 Å². The predicted octanol–water partition coefficient (Wildman–Crippen LogP) is 3.33. The fourth-order valence-electron chi connectivity index (χ4n) is 1.85. The van der Waals surface area contributed by atoms with Crippen LogP contribution in [-0.2, 0) is 9.47 Å². The Balaban J connectivity index is 2.93. The van der Waals surface area contributed by atoms with Gasteiger partial charge in [0.2, 0.25) is 0 Å². The lowest BCUT2D eigenvalue weighted by Gasteiger charge is -2.33. The number of rotatable bonds is 0. The highest BCUT2D eigenvalue weighted by molar-refractivity contribution is 5.70. The van der Waals surface area contributed by atoms with E-state index in [1.165, 1.54) is 0 Å². The number of carbonyl (C=O) groups excluding carboxylic acids is 1. The molecule has 1 amide bonds. The van der Waals surface area contributed by atoms with Crippen molar-refractivity contribution in [1.29, 1.82) is 0 Å². The second kappa shape index (κ2) is 5.88. The molecule has 1 saturated heterocycles. The van der Waals surface area contributed by atoms with Gasteiger partial charge in [0.05, 0.1) is 6.61 Å². The lowest BCUT2D eigenvalue weighted by atomic mass is 10.2. The van der Waals surface area contributed by atoms with Crippen molar-refractivity contribution in [2.75, 3.05) is 6.61 Å². The summed E-state index contributed by atoms with van der Waals surface area (Å²) in [6, 6.07) is -0.282. The standard InChI is InChI=1S/C16H25NO3/c1-12(2)9-8-10-13-11-19-16(6,7)17(13)14(18)20-15(3,4)5/h9,13H,11H2,1-7H3/t13-/m1/s1. The Hall–Kier alpha value is -1.47. The number of nitrogens with zero attached hydrogens (tertiary/aromatic N) is 1. The molecular weight excluding hydrogens is 254 g/mol. The molecule has 0 radical (unpaired) electrons. The Kier molecular flexibility index (Phi) is 4.88. The van der Waals surface area contributed by atoms with Crippen molar-refractivity contribution in [2.24, 2.45) is 0 Å². The first-order chi connectivity index (χ1) is 9.03. The molecule has 0 aliphatic carbocycles. The van der Waals surface area contributed by atoms with E-state index in [9.17, 15) is 4.79 Å². The maximum absolute atomic E-state index is 12.3. The Labute approximate surface area is 122 Å². The molecule has 112 valence electrons. The highest BCUT2D eigenvalue weighted by Gasteiger charge is 2.45. The molecule has 1 fully saturated rings. The first-order valence-electron chi connectivity index (χ1n) is 6.83. The van der Waals surface area contributed by atoms with Crippen LogP contribution in [0.15, 0.2) is 11.6 Å². The molecule has 1 aliphatic heterocycles. The zero-order chi connectivity index (χ0) is 15.6. The topological polar surface area (TPSA) is 38.8 Å². The van der Waals surface area contributed by atoms with Crippen LogP contribution in [0, 0.1) is 11.8 Å². The van der Waals surface area contributed by atoms with Crippen LogP contribution < -0.4 is 0 Å². The zero-order valence-corrected chi connectivity index (χ0v) is 13.5. The fraction of sp³-hybridized carbons (Fsp3) is 0.688. The molecule has 4 heteroatoms. The summed E-state index contributed by atoms with van der Waals surface area (Å²) in [7, 11) is 0. The largest absolute Gasteiger partial charge is 0.444 e. The van der Waals surface area contributed by atoms with Gasteiger partial charge in [0.15, 0.2) is 0 Å². The van der Waals surface area contributed by atoms with E-state index < -0.39 is 17.4 Å². The van der Waals surface area contributed by atoms with Gasteiger partial charge in [-0.15, -0.1) is 0 Å². The van der Waals surface area contributed by atoms with Gasteiger partial charge in [-0.3, -0.25) is 4.90 Å². The summed E-state index contributed by atoms with van der Waals surface area (Å²) in [5.74, 6) is 6.03. The van der Waals surface area contributed by atoms with Gasteiger partial charge < -0.3 is 9.47 Å². The predicted molar refractivity (Wildman–Crippen MR) is 79.1 cm³/mol. The molecule has 1 aliphatic rings. The minimum atomic E-state index is -0.702. The summed E-state index contributed by atoms with van der Waals surface area (Å²) in [6.07, 6.45) is 1.44. The monoisotopic (exact) mass is 279 g/mol. The van der Waals surface area contributed by atoms with Crippen LogP contribution in [0.1, 0.15) is 48.5 Å². The second-order valence-corrected chi connectivity index (χ2v) is 6.63. The third kappa shape index (κ3) is 4.57. The SMILES string of the molecule is CC(C)=CC#C[C@@H]1COC(C)(C)N1C(=O)OC(C)(C)C. The van der Waals surface area contributed by atoms with Crippen molar-refractivity contribution in [3.8, 4) is 11.8 Å². The van der Waals surface area contributed by atoms with Gasteiger partial charge in [-0.05, 0) is 54.5 Å². The van der Waals surface area contributed by atoms with Crippen molar-refractivity contribution in [1.82, 2.24) is 4.90 Å². The van der Waals surface area contributed by atoms with Gasteiger partial charge in [-0.25, -0.2) is 4.79 Å². The number of carbonyl (C=O) groups is 1. The van der Waals surface area contributed by atoms with Crippen molar-refractivity contribution < 1.29 is 14.3 Å². The molecule has 0 aromatic carbocycles. The summed E-state index contributed by atoms with van der Waals surface area (Å²) in [4.78, 5) is 13.9. The molecule has 1 atom stereocenters. The normalized spacial score (nSPS) is 20.9. The van der Waals surface area contributed by atoms with Crippen LogP contribution in [0.3, 0.4) is 0 Å². The molecule has 0 unspecified atom stereocenters. The van der Waals surface area contributed by atoms with E-state index >= 15 is 0 Å². The summed E-state index contributed by atoms with van der Waals surface area (Å²) in [5.41, 5.74) is -0.111. The molecule has 4 nitrogen and oxygen atoms in total. The minimum absolute atomic E-state index is 0.282. The van der Waals surface area contributed by atoms with Gasteiger partial charge in [0.1, 0.15) is 17.4 Å². The highest BCUT2D eigenvalue weighted by Crippen LogP contribution is 2.29. The number of allylic oxidation sites excluding steroid dienone is 2. The minimum Gasteiger partial charge on any atom is -0.444 e. The van der Waals surface area contributed by atoms with Crippen LogP contribution >= 0.6 is 0 Å². The highest BCUT2D eigenvalue weighted by atomic mass is 16.6. The Morgan fingerprint density at radius 2 is 2.00 bits per heavy atom. The molecule has 0 bridgehead atoms. The lowest BCUT2D eigenvalue weighted by Crippen LogP contribution is -2.49. The zero-order valence-electron chi connectivity index (χ0n) is 13.5. The van der Waals surface area contributed by atoms with Crippen LogP contribution in [0.5, 0.6) is 0 Å². The van der Waals surface area contributed by atoms with Crippen molar-refractivity contribution in [2.45, 2.75) is 65.8 Å². The number of amides is 1. The van der Waals surface area contributed by atoms with E-state index in [1.54, 1.807) is 4.90 Å².